The van der Waals surface area contributed by atoms with Crippen LogP contribution >= 0.6 is 23.2 Å². The standard InChI is InChI=1S/C23H22Cl2N2O4S/c1-26(15-17-8-6-7-11-22(17)31-2)23(28)16-27(18-12-13-20(24)21(25)14-18)32(29,30)19-9-4-3-5-10-19/h3-14H,15-16H2,1-2H3. The van der Waals surface area contributed by atoms with E-state index in [0.29, 0.717) is 5.75 Å². The molecule has 0 bridgehead atoms. The molecule has 3 aromatic carbocycles. The Balaban J connectivity index is 1.93. The molecule has 0 aliphatic carbocycles. The molecule has 0 fully saturated rings. The predicted octanol–water partition coefficient (Wildman–Crippen LogP) is 4.86. The van der Waals surface area contributed by atoms with Crippen LogP contribution in [-0.2, 0) is 21.4 Å². The smallest absolute Gasteiger partial charge is 0.264 e. The summed E-state index contributed by atoms with van der Waals surface area (Å²) in [6.07, 6.45) is 0. The van der Waals surface area contributed by atoms with Crippen molar-refractivity contribution in [3.8, 4) is 5.75 Å². The van der Waals surface area contributed by atoms with E-state index in [0.717, 1.165) is 9.87 Å². The Morgan fingerprint density at radius 1 is 0.938 bits per heavy atom. The van der Waals surface area contributed by atoms with E-state index in [2.05, 4.69) is 0 Å². The van der Waals surface area contributed by atoms with Gasteiger partial charge in [0.15, 0.2) is 0 Å². The van der Waals surface area contributed by atoms with E-state index < -0.39 is 22.5 Å². The Kier molecular flexibility index (Phi) is 7.66. The molecule has 3 aromatic rings. The molecule has 0 aromatic heterocycles. The van der Waals surface area contributed by atoms with Crippen LogP contribution in [0.4, 0.5) is 5.69 Å². The average Bonchev–Trinajstić information content (AvgIpc) is 2.80. The summed E-state index contributed by atoms with van der Waals surface area (Å²) in [5, 5.41) is 0.472. The first-order chi connectivity index (χ1) is 15.2. The number of rotatable bonds is 8. The average molecular weight is 493 g/mol. The van der Waals surface area contributed by atoms with E-state index in [9.17, 15) is 13.2 Å². The Hall–Kier alpha value is -2.74. The van der Waals surface area contributed by atoms with Crippen molar-refractivity contribution in [3.63, 3.8) is 0 Å². The topological polar surface area (TPSA) is 66.9 Å². The highest BCUT2D eigenvalue weighted by Gasteiger charge is 2.28. The van der Waals surface area contributed by atoms with Crippen molar-refractivity contribution in [1.82, 2.24) is 4.90 Å². The van der Waals surface area contributed by atoms with Crippen molar-refractivity contribution >= 4 is 44.8 Å². The summed E-state index contributed by atoms with van der Waals surface area (Å²) in [4.78, 5) is 14.6. The van der Waals surface area contributed by atoms with Crippen LogP contribution in [-0.4, -0.2) is 39.9 Å². The van der Waals surface area contributed by atoms with Gasteiger partial charge >= 0.3 is 0 Å². The number of para-hydroxylation sites is 1. The van der Waals surface area contributed by atoms with Gasteiger partial charge in [0.1, 0.15) is 12.3 Å². The molecule has 0 saturated heterocycles. The number of hydrogen-bond donors (Lipinski definition) is 0. The van der Waals surface area contributed by atoms with Crippen molar-refractivity contribution in [2.75, 3.05) is 25.0 Å². The van der Waals surface area contributed by atoms with Crippen molar-refractivity contribution in [2.45, 2.75) is 11.4 Å². The normalized spacial score (nSPS) is 11.1. The molecule has 9 heteroatoms. The van der Waals surface area contributed by atoms with Crippen LogP contribution in [0.2, 0.25) is 10.0 Å². The number of nitrogens with zero attached hydrogens (tertiary/aromatic N) is 2. The van der Waals surface area contributed by atoms with E-state index in [1.807, 2.05) is 18.2 Å². The summed E-state index contributed by atoms with van der Waals surface area (Å²) in [6.45, 7) is -0.162. The number of benzene rings is 3. The minimum absolute atomic E-state index is 0.0613. The molecule has 0 atom stereocenters. The maximum Gasteiger partial charge on any atom is 0.264 e. The van der Waals surface area contributed by atoms with Gasteiger partial charge in [0.05, 0.1) is 27.7 Å². The maximum atomic E-state index is 13.4. The lowest BCUT2D eigenvalue weighted by Crippen LogP contribution is -2.41. The molecule has 6 nitrogen and oxygen atoms in total. The number of ether oxygens (including phenoxy) is 1. The number of methoxy groups -OCH3 is 1. The van der Waals surface area contributed by atoms with Crippen LogP contribution in [0.5, 0.6) is 5.75 Å². The fourth-order valence-corrected chi connectivity index (χ4v) is 4.82. The lowest BCUT2D eigenvalue weighted by molar-refractivity contribution is -0.128. The first-order valence-electron chi connectivity index (χ1n) is 9.62. The molecule has 0 saturated carbocycles. The molecule has 0 radical (unpaired) electrons. The predicted molar refractivity (Wildman–Crippen MR) is 127 cm³/mol. The van der Waals surface area contributed by atoms with Gasteiger partial charge in [-0.15, -0.1) is 0 Å². The zero-order chi connectivity index (χ0) is 23.3. The third-order valence-electron chi connectivity index (χ3n) is 4.83. The summed E-state index contributed by atoms with van der Waals surface area (Å²) >= 11 is 12.1. The molecule has 0 aliphatic rings. The van der Waals surface area contributed by atoms with Gasteiger partial charge < -0.3 is 9.64 Å². The fraction of sp³-hybridized carbons (Fsp3) is 0.174. The number of anilines is 1. The van der Waals surface area contributed by atoms with E-state index in [1.54, 1.807) is 38.4 Å². The lowest BCUT2D eigenvalue weighted by atomic mass is 10.2. The molecular weight excluding hydrogens is 471 g/mol. The SMILES string of the molecule is COc1ccccc1CN(C)C(=O)CN(c1ccc(Cl)c(Cl)c1)S(=O)(=O)c1ccccc1. The Bertz CT molecular complexity index is 1200. The van der Waals surface area contributed by atoms with Gasteiger partial charge in [-0.1, -0.05) is 59.6 Å². The van der Waals surface area contributed by atoms with Crippen LogP contribution < -0.4 is 9.04 Å². The number of sulfonamides is 1. The number of likely N-dealkylation sites (N-methyl/N-ethyl adjacent to an activating group) is 1. The van der Waals surface area contributed by atoms with Crippen LogP contribution in [0.15, 0.2) is 77.7 Å². The zero-order valence-electron chi connectivity index (χ0n) is 17.5. The molecule has 3 rings (SSSR count). The molecule has 0 aliphatic heterocycles. The molecular formula is C23H22Cl2N2O4S. The quantitative estimate of drug-likeness (QED) is 0.450. The molecule has 168 valence electrons. The summed E-state index contributed by atoms with van der Waals surface area (Å²) in [6, 6.07) is 19.7. The highest BCUT2D eigenvalue weighted by molar-refractivity contribution is 7.92. The van der Waals surface area contributed by atoms with Gasteiger partial charge in [-0.2, -0.15) is 0 Å². The van der Waals surface area contributed by atoms with Crippen molar-refractivity contribution in [2.24, 2.45) is 0 Å². The molecule has 0 spiro atoms. The second-order valence-corrected chi connectivity index (χ2v) is 9.66. The molecule has 32 heavy (non-hydrogen) atoms. The van der Waals surface area contributed by atoms with Crippen molar-refractivity contribution in [3.05, 3.63) is 88.4 Å². The van der Waals surface area contributed by atoms with Crippen LogP contribution in [0.1, 0.15) is 5.56 Å². The molecule has 1 amide bonds. The highest BCUT2D eigenvalue weighted by atomic mass is 35.5. The van der Waals surface area contributed by atoms with Crippen LogP contribution in [0.3, 0.4) is 0 Å². The van der Waals surface area contributed by atoms with Gasteiger partial charge in [-0.05, 0) is 36.4 Å². The van der Waals surface area contributed by atoms with Crippen molar-refractivity contribution < 1.29 is 17.9 Å². The Labute approximate surface area is 198 Å². The van der Waals surface area contributed by atoms with E-state index in [-0.39, 0.29) is 27.2 Å². The Morgan fingerprint density at radius 3 is 2.25 bits per heavy atom. The molecule has 0 N–H and O–H groups in total. The van der Waals surface area contributed by atoms with Crippen molar-refractivity contribution in [1.29, 1.82) is 0 Å². The number of hydrogen-bond acceptors (Lipinski definition) is 4. The third kappa shape index (κ3) is 5.35. The summed E-state index contributed by atoms with van der Waals surface area (Å²) in [5.74, 6) is 0.242. The number of carbonyl (C=O) groups excluding carboxylic acids is 1. The zero-order valence-corrected chi connectivity index (χ0v) is 19.9. The number of halogens is 2. The summed E-state index contributed by atoms with van der Waals surface area (Å²) in [7, 11) is -0.876. The van der Waals surface area contributed by atoms with Gasteiger partial charge in [0, 0.05) is 19.2 Å². The van der Waals surface area contributed by atoms with E-state index in [1.165, 1.54) is 35.2 Å². The number of amides is 1. The van der Waals surface area contributed by atoms with E-state index in [4.69, 9.17) is 27.9 Å². The molecule has 0 heterocycles. The largest absolute Gasteiger partial charge is 0.496 e. The van der Waals surface area contributed by atoms with Gasteiger partial charge in [-0.3, -0.25) is 9.10 Å². The van der Waals surface area contributed by atoms with Gasteiger partial charge in [0.2, 0.25) is 5.91 Å². The van der Waals surface area contributed by atoms with Gasteiger partial charge in [0.25, 0.3) is 10.0 Å². The maximum absolute atomic E-state index is 13.4. The summed E-state index contributed by atoms with van der Waals surface area (Å²) < 4.78 is 33.2. The van der Waals surface area contributed by atoms with Crippen LogP contribution in [0, 0.1) is 0 Å². The number of carbonyl (C=O) groups is 1. The minimum Gasteiger partial charge on any atom is -0.496 e. The lowest BCUT2D eigenvalue weighted by Gasteiger charge is -2.27. The minimum atomic E-state index is -4.04. The molecule has 0 unspecified atom stereocenters. The second kappa shape index (κ2) is 10.3. The van der Waals surface area contributed by atoms with Gasteiger partial charge in [-0.25, -0.2) is 8.42 Å². The first-order valence-corrected chi connectivity index (χ1v) is 11.8. The monoisotopic (exact) mass is 492 g/mol. The van der Waals surface area contributed by atoms with Crippen LogP contribution in [0.25, 0.3) is 0 Å². The third-order valence-corrected chi connectivity index (χ3v) is 7.35. The summed E-state index contributed by atoms with van der Waals surface area (Å²) in [5.41, 5.74) is 1.04. The first kappa shape index (κ1) is 23.9. The Morgan fingerprint density at radius 2 is 1.59 bits per heavy atom. The van der Waals surface area contributed by atoms with E-state index >= 15 is 0 Å². The highest BCUT2D eigenvalue weighted by Crippen LogP contribution is 2.30. The second-order valence-electron chi connectivity index (χ2n) is 6.98. The fourth-order valence-electron chi connectivity index (χ4n) is 3.10.